The zero-order valence-electron chi connectivity index (χ0n) is 9.91. The molecule has 0 fully saturated rings. The molecular weight excluding hydrogens is 304 g/mol. The molecule has 0 aliphatic heterocycles. The van der Waals surface area contributed by atoms with E-state index in [4.69, 9.17) is 15.4 Å². The minimum Gasteiger partial charge on any atom is -0.493 e. The highest BCUT2D eigenvalue weighted by Gasteiger charge is 2.23. The first-order valence-electron chi connectivity index (χ1n) is 4.89. The quantitative estimate of drug-likeness (QED) is 0.864. The van der Waals surface area contributed by atoms with Gasteiger partial charge >= 0.3 is 6.43 Å². The highest BCUT2D eigenvalue weighted by Crippen LogP contribution is 2.35. The largest absolute Gasteiger partial charge is 0.493 e. The molecule has 1 aromatic rings. The number of carbonyl (C=O) groups is 1. The van der Waals surface area contributed by atoms with Crippen LogP contribution in [-0.4, -0.2) is 27.9 Å². The fourth-order valence-corrected chi connectivity index (χ4v) is 2.50. The van der Waals surface area contributed by atoms with E-state index in [0.717, 1.165) is 7.11 Å². The Labute approximate surface area is 112 Å². The van der Waals surface area contributed by atoms with Gasteiger partial charge in [0.1, 0.15) is 4.90 Å². The summed E-state index contributed by atoms with van der Waals surface area (Å²) < 4.78 is 51.9. The van der Waals surface area contributed by atoms with Gasteiger partial charge < -0.3 is 10.1 Å². The van der Waals surface area contributed by atoms with Gasteiger partial charge in [0.05, 0.1) is 12.8 Å². The number of alkyl halides is 2. The Bertz CT molecular complexity index is 604. The fourth-order valence-electron chi connectivity index (χ4n) is 1.41. The maximum absolute atomic E-state index is 12.2. The summed E-state index contributed by atoms with van der Waals surface area (Å²) in [5.74, 6) is -1.86. The molecule has 1 N–H and O–H groups in total. The van der Waals surface area contributed by atoms with E-state index in [0.29, 0.717) is 5.56 Å². The Morgan fingerprint density at radius 3 is 2.42 bits per heavy atom. The number of methoxy groups -OCH3 is 1. The van der Waals surface area contributed by atoms with Crippen LogP contribution in [0.4, 0.5) is 14.5 Å². The summed E-state index contributed by atoms with van der Waals surface area (Å²) >= 11 is 0. The van der Waals surface area contributed by atoms with Crippen molar-refractivity contribution in [3.63, 3.8) is 0 Å². The molecule has 1 amide bonds. The van der Waals surface area contributed by atoms with Crippen LogP contribution in [0.15, 0.2) is 17.0 Å². The van der Waals surface area contributed by atoms with Gasteiger partial charge in [0.2, 0.25) is 0 Å². The molecule has 9 heteroatoms. The summed E-state index contributed by atoms with van der Waals surface area (Å²) in [6.45, 7) is 1.52. The smallest absolute Gasteiger partial charge is 0.315 e. The summed E-state index contributed by atoms with van der Waals surface area (Å²) in [5.41, 5.74) is 0.219. The van der Waals surface area contributed by atoms with Gasteiger partial charge in [0, 0.05) is 10.7 Å². The van der Waals surface area contributed by atoms with E-state index < -0.39 is 26.3 Å². The number of ether oxygens (including phenoxy) is 1. The zero-order valence-corrected chi connectivity index (χ0v) is 11.5. The van der Waals surface area contributed by atoms with Gasteiger partial charge in [0.15, 0.2) is 5.75 Å². The second-order valence-electron chi connectivity index (χ2n) is 3.57. The Balaban J connectivity index is 3.40. The minimum absolute atomic E-state index is 0.188. The van der Waals surface area contributed by atoms with Crippen LogP contribution in [0.25, 0.3) is 0 Å². The van der Waals surface area contributed by atoms with Crippen LogP contribution in [0.2, 0.25) is 0 Å². The number of halogens is 3. The number of hydrogen-bond donors (Lipinski definition) is 1. The first kappa shape index (κ1) is 15.6. The number of nitrogens with one attached hydrogen (secondary N) is 1. The topological polar surface area (TPSA) is 72.5 Å². The van der Waals surface area contributed by atoms with Gasteiger partial charge in [0.25, 0.3) is 15.0 Å². The van der Waals surface area contributed by atoms with E-state index in [1.807, 2.05) is 5.32 Å². The number of amides is 1. The number of hydrogen-bond acceptors (Lipinski definition) is 4. The summed E-state index contributed by atoms with van der Waals surface area (Å²) in [6, 6.07) is 2.50. The lowest BCUT2D eigenvalue weighted by Crippen LogP contribution is -2.21. The highest BCUT2D eigenvalue weighted by molar-refractivity contribution is 8.13. The molecule has 19 heavy (non-hydrogen) atoms. The predicted molar refractivity (Wildman–Crippen MR) is 65.4 cm³/mol. The molecule has 0 unspecified atom stereocenters. The lowest BCUT2D eigenvalue weighted by Gasteiger charge is -2.13. The number of benzene rings is 1. The van der Waals surface area contributed by atoms with Crippen molar-refractivity contribution in [3.8, 4) is 5.75 Å². The second kappa shape index (κ2) is 5.70. The third-order valence-corrected chi connectivity index (χ3v) is 3.45. The molecule has 1 aromatic carbocycles. The van der Waals surface area contributed by atoms with Crippen molar-refractivity contribution in [2.75, 3.05) is 12.4 Å². The molecule has 0 aromatic heterocycles. The van der Waals surface area contributed by atoms with Crippen molar-refractivity contribution in [2.24, 2.45) is 0 Å². The molecule has 0 aliphatic rings. The van der Waals surface area contributed by atoms with Crippen LogP contribution in [0, 0.1) is 6.92 Å². The second-order valence-corrected chi connectivity index (χ2v) is 6.11. The average molecular weight is 314 g/mol. The lowest BCUT2D eigenvalue weighted by atomic mass is 10.2. The van der Waals surface area contributed by atoms with Crippen LogP contribution >= 0.6 is 10.7 Å². The Morgan fingerprint density at radius 2 is 2.00 bits per heavy atom. The average Bonchev–Trinajstić information content (AvgIpc) is 2.26. The number of rotatable bonds is 4. The molecule has 0 heterocycles. The normalized spacial score (nSPS) is 11.5. The molecule has 0 atom stereocenters. The van der Waals surface area contributed by atoms with Gasteiger partial charge in [-0.25, -0.2) is 8.42 Å². The fraction of sp³-hybridized carbons (Fsp3) is 0.300. The summed E-state index contributed by atoms with van der Waals surface area (Å²) in [5, 5.41) is 1.88. The molecule has 0 bridgehead atoms. The van der Waals surface area contributed by atoms with Gasteiger partial charge in [-0.3, -0.25) is 4.79 Å². The van der Waals surface area contributed by atoms with E-state index in [9.17, 15) is 22.0 Å². The maximum atomic E-state index is 12.2. The Hall–Kier alpha value is -1.41. The lowest BCUT2D eigenvalue weighted by molar-refractivity contribution is -0.126. The molecule has 0 saturated heterocycles. The van der Waals surface area contributed by atoms with Crippen molar-refractivity contribution in [1.82, 2.24) is 0 Å². The van der Waals surface area contributed by atoms with Crippen LogP contribution < -0.4 is 10.1 Å². The van der Waals surface area contributed by atoms with E-state index >= 15 is 0 Å². The van der Waals surface area contributed by atoms with Gasteiger partial charge in [-0.15, -0.1) is 0 Å². The maximum Gasteiger partial charge on any atom is 0.315 e. The minimum atomic E-state index is -4.14. The Morgan fingerprint density at radius 1 is 1.42 bits per heavy atom. The van der Waals surface area contributed by atoms with Crippen LogP contribution in [-0.2, 0) is 13.8 Å². The van der Waals surface area contributed by atoms with Crippen molar-refractivity contribution < 1.29 is 26.7 Å². The van der Waals surface area contributed by atoms with Crippen molar-refractivity contribution in [1.29, 1.82) is 0 Å². The Kier molecular flexibility index (Phi) is 4.70. The molecule has 0 aliphatic carbocycles. The summed E-state index contributed by atoms with van der Waals surface area (Å²) in [4.78, 5) is 10.6. The zero-order chi connectivity index (χ0) is 14.8. The number of aryl methyl sites for hydroxylation is 1. The van der Waals surface area contributed by atoms with E-state index in [1.165, 1.54) is 19.1 Å². The molecule has 1 rings (SSSR count). The van der Waals surface area contributed by atoms with Crippen molar-refractivity contribution >= 4 is 31.3 Å². The first-order chi connectivity index (χ1) is 8.66. The molecule has 0 spiro atoms. The summed E-state index contributed by atoms with van der Waals surface area (Å²) in [7, 11) is 2.21. The molecular formula is C10H10ClF2NO4S. The standard InChI is InChI=1S/C10H10ClF2NO4S/c1-5-3-6(14-10(15)9(12)13)8(18-2)7(4-5)19(11,16)17/h3-4,9H,1-2H3,(H,14,15). The molecule has 0 radical (unpaired) electrons. The van der Waals surface area contributed by atoms with Gasteiger partial charge in [-0.2, -0.15) is 8.78 Å². The van der Waals surface area contributed by atoms with Crippen LogP contribution in [0.1, 0.15) is 5.56 Å². The van der Waals surface area contributed by atoms with Gasteiger partial charge in [-0.05, 0) is 24.6 Å². The van der Waals surface area contributed by atoms with Gasteiger partial charge in [-0.1, -0.05) is 0 Å². The number of carbonyl (C=O) groups excluding carboxylic acids is 1. The van der Waals surface area contributed by atoms with E-state index in [1.54, 1.807) is 0 Å². The van der Waals surface area contributed by atoms with Crippen LogP contribution in [0.3, 0.4) is 0 Å². The van der Waals surface area contributed by atoms with E-state index in [2.05, 4.69) is 0 Å². The SMILES string of the molecule is COc1c(NC(=O)C(F)F)cc(C)cc1S(=O)(=O)Cl. The van der Waals surface area contributed by atoms with Crippen molar-refractivity contribution in [3.05, 3.63) is 17.7 Å². The number of anilines is 1. The monoisotopic (exact) mass is 313 g/mol. The highest BCUT2D eigenvalue weighted by atomic mass is 35.7. The predicted octanol–water partition coefficient (Wildman–Crippen LogP) is 2.13. The molecule has 5 nitrogen and oxygen atoms in total. The molecule has 106 valence electrons. The third kappa shape index (κ3) is 3.77. The van der Waals surface area contributed by atoms with Crippen molar-refractivity contribution in [2.45, 2.75) is 18.2 Å². The molecule has 0 saturated carbocycles. The first-order valence-corrected chi connectivity index (χ1v) is 7.20. The summed E-state index contributed by atoms with van der Waals surface area (Å²) in [6.07, 6.45) is -3.23. The van der Waals surface area contributed by atoms with E-state index in [-0.39, 0.29) is 11.4 Å². The van der Waals surface area contributed by atoms with Crippen LogP contribution in [0.5, 0.6) is 5.75 Å². The third-order valence-electron chi connectivity index (χ3n) is 2.12.